The first-order chi connectivity index (χ1) is 30.6. The third-order valence-corrected chi connectivity index (χ3v) is 11.5. The van der Waals surface area contributed by atoms with Crippen LogP contribution < -0.4 is 10.0 Å². The predicted octanol–water partition coefficient (Wildman–Crippen LogP) is 7.50. The maximum atomic E-state index is 12.9. The van der Waals surface area contributed by atoms with Gasteiger partial charge in [0.05, 0.1) is 30.1 Å². The number of carbonyl (C=O) groups is 2. The average molecular weight is 953 g/mol. The van der Waals surface area contributed by atoms with Gasteiger partial charge < -0.3 is 29.9 Å². The number of carbonyl (C=O) groups excluding carboxylic acids is 1. The minimum Gasteiger partial charge on any atom is -0.503 e. The number of aromatic hydroxyl groups is 2. The van der Waals surface area contributed by atoms with Crippen molar-refractivity contribution in [3.8, 4) is 34.0 Å². The van der Waals surface area contributed by atoms with E-state index >= 15 is 0 Å². The van der Waals surface area contributed by atoms with E-state index in [4.69, 9.17) is 29.2 Å². The lowest BCUT2D eigenvalue weighted by Crippen LogP contribution is -2.46. The van der Waals surface area contributed by atoms with Gasteiger partial charge in [-0.3, -0.25) is 19.0 Å². The van der Waals surface area contributed by atoms with Crippen LogP contribution in [-0.2, 0) is 40.8 Å². The molecule has 4 aromatic rings. The fraction of sp³-hybridized carbons (Fsp3) is 0.415. The van der Waals surface area contributed by atoms with Crippen LogP contribution in [0.3, 0.4) is 0 Å². The number of carboxylic acids is 1. The summed E-state index contributed by atoms with van der Waals surface area (Å²) in [5, 5.41) is 51.1. The highest BCUT2D eigenvalue weighted by molar-refractivity contribution is 7.80. The summed E-state index contributed by atoms with van der Waals surface area (Å²) in [4.78, 5) is 26.6. The molecular formula is C41H46F6N10O6S2. The molecule has 2 fully saturated rings. The number of benzene rings is 2. The van der Waals surface area contributed by atoms with Crippen LogP contribution in [0.1, 0.15) is 50.7 Å². The third-order valence-electron chi connectivity index (χ3n) is 10.6. The maximum absolute atomic E-state index is 12.9. The van der Waals surface area contributed by atoms with Crippen molar-refractivity contribution in [1.82, 2.24) is 29.4 Å². The van der Waals surface area contributed by atoms with E-state index in [1.165, 1.54) is 63.2 Å². The lowest BCUT2D eigenvalue weighted by atomic mass is 9.97. The Morgan fingerprint density at radius 2 is 1.03 bits per heavy atom. The number of rotatable bonds is 8. The van der Waals surface area contributed by atoms with E-state index in [0.29, 0.717) is 63.0 Å². The Morgan fingerprint density at radius 3 is 1.32 bits per heavy atom. The number of hydrogen-bond donors (Lipinski definition) is 3. The molecule has 0 saturated carbocycles. The number of halogens is 6. The molecule has 350 valence electrons. The third kappa shape index (κ3) is 11.3. The molecule has 2 aliphatic rings. The summed E-state index contributed by atoms with van der Waals surface area (Å²) in [7, 11) is 4.47. The summed E-state index contributed by atoms with van der Waals surface area (Å²) in [5.74, 6) is -2.24. The smallest absolute Gasteiger partial charge is 0.416 e. The van der Waals surface area contributed by atoms with E-state index in [0.717, 1.165) is 24.3 Å². The summed E-state index contributed by atoms with van der Waals surface area (Å²) in [5.41, 5.74) is -0.467. The fourth-order valence-corrected chi connectivity index (χ4v) is 7.88. The summed E-state index contributed by atoms with van der Waals surface area (Å²) < 4.78 is 84.8. The van der Waals surface area contributed by atoms with Gasteiger partial charge in [0.2, 0.25) is 11.6 Å². The molecule has 16 nitrogen and oxygen atoms in total. The Balaban J connectivity index is 0.000000244. The van der Waals surface area contributed by atoms with Crippen molar-refractivity contribution in [3.63, 3.8) is 0 Å². The number of carboxylic acid groups (broad SMARTS) is 1. The number of nitrogens with zero attached hydrogens (tertiary/aromatic N) is 10. The van der Waals surface area contributed by atoms with Gasteiger partial charge in [0.1, 0.15) is 11.4 Å². The van der Waals surface area contributed by atoms with Crippen molar-refractivity contribution >= 4 is 70.7 Å². The number of ether oxygens (including phenoxy) is 1. The van der Waals surface area contributed by atoms with Gasteiger partial charge in [0, 0.05) is 63.8 Å². The second-order valence-corrected chi connectivity index (χ2v) is 15.5. The molecule has 3 N–H and O–H groups in total. The second-order valence-electron chi connectivity index (χ2n) is 14.8. The summed E-state index contributed by atoms with van der Waals surface area (Å²) >= 11 is 11.1. The molecule has 4 heterocycles. The Morgan fingerprint density at radius 1 is 0.692 bits per heavy atom. The van der Waals surface area contributed by atoms with Crippen molar-refractivity contribution < 1.29 is 56.0 Å². The molecule has 0 radical (unpaired) electrons. The van der Waals surface area contributed by atoms with E-state index in [1.807, 2.05) is 4.90 Å². The molecule has 0 bridgehead atoms. The second kappa shape index (κ2) is 20.7. The van der Waals surface area contributed by atoms with Gasteiger partial charge in [-0.1, -0.05) is 24.3 Å². The highest BCUT2D eigenvalue weighted by Gasteiger charge is 2.35. The Bertz CT molecular complexity index is 2410. The van der Waals surface area contributed by atoms with Crippen molar-refractivity contribution in [1.29, 1.82) is 0 Å². The quantitative estimate of drug-likeness (QED) is 0.0520. The number of esters is 1. The first-order valence-corrected chi connectivity index (χ1v) is 20.8. The molecule has 0 unspecified atom stereocenters. The van der Waals surface area contributed by atoms with Gasteiger partial charge in [-0.2, -0.15) is 46.6 Å². The SMILES string of the molecule is CC=NN(C(=S)N1CCC(C(=O)O)CC1)c1nn(C)c(-c2ccc(C(F)(F)F)cc2)c1O.CC=NN(C(=S)N1CCC(C(=O)OC)CC1)c1nn(C)c(-c2ccc(C(F)(F)F)cc2)c1O. The number of hydrogen-bond acceptors (Lipinski definition) is 11. The van der Waals surface area contributed by atoms with Crippen LogP contribution in [-0.4, -0.2) is 113 Å². The Hall–Kier alpha value is -6.30. The standard InChI is InChI=1S/C21H24F3N5O3S.C20H22F3N5O3S/c1-4-25-29(20(33)28-11-9-14(10-12-28)19(31)32-3)18-17(30)16(27(2)26-18)13-5-7-15(8-6-13)21(22,23)24;1-3-24-28(19(32)27-10-8-13(9-11-27)18(30)31)17-16(29)15(26(2)25-17)12-4-6-14(7-5-12)20(21,22)23/h4-8,14,30H,9-12H2,1-3H3;3-7,13,29H,8-11H2,1-2H3,(H,30,31). The molecule has 2 aliphatic heterocycles. The number of aromatic nitrogens is 4. The zero-order valence-electron chi connectivity index (χ0n) is 35.7. The van der Waals surface area contributed by atoms with Gasteiger partial charge in [0.15, 0.2) is 21.7 Å². The number of likely N-dealkylation sites (tertiary alicyclic amines) is 2. The number of anilines is 2. The van der Waals surface area contributed by atoms with Crippen LogP contribution in [0.15, 0.2) is 58.7 Å². The number of piperidine rings is 2. The zero-order chi connectivity index (χ0) is 48.0. The molecule has 2 aromatic carbocycles. The van der Waals surface area contributed by atoms with Gasteiger partial charge in [0.25, 0.3) is 0 Å². The van der Waals surface area contributed by atoms with E-state index in [9.17, 15) is 51.3 Å². The number of thiocarbonyl (C=S) groups is 2. The van der Waals surface area contributed by atoms with Gasteiger partial charge >= 0.3 is 24.3 Å². The number of hydrazone groups is 2. The molecule has 0 amide bonds. The van der Waals surface area contributed by atoms with E-state index in [2.05, 4.69) is 20.4 Å². The molecule has 6 rings (SSSR count). The maximum Gasteiger partial charge on any atom is 0.416 e. The largest absolute Gasteiger partial charge is 0.503 e. The van der Waals surface area contributed by atoms with Crippen molar-refractivity contribution in [2.45, 2.75) is 51.9 Å². The number of aryl methyl sites for hydroxylation is 2. The summed E-state index contributed by atoms with van der Waals surface area (Å²) in [6.45, 7) is 5.13. The molecule has 24 heteroatoms. The zero-order valence-corrected chi connectivity index (χ0v) is 37.3. The molecular weight excluding hydrogens is 907 g/mol. The number of aliphatic carboxylic acids is 1. The van der Waals surface area contributed by atoms with Crippen molar-refractivity contribution in [3.05, 3.63) is 59.7 Å². The van der Waals surface area contributed by atoms with E-state index in [-0.39, 0.29) is 56.6 Å². The topological polar surface area (TPSA) is 177 Å². The minimum atomic E-state index is -4.47. The van der Waals surface area contributed by atoms with Crippen molar-refractivity contribution in [2.75, 3.05) is 43.3 Å². The molecule has 0 spiro atoms. The number of methoxy groups -OCH3 is 1. The summed E-state index contributed by atoms with van der Waals surface area (Å²) in [6.07, 6.45) is -4.03. The van der Waals surface area contributed by atoms with Gasteiger partial charge in [-0.05, 0) is 88.2 Å². The van der Waals surface area contributed by atoms with Crippen LogP contribution in [0.2, 0.25) is 0 Å². The fourth-order valence-electron chi connectivity index (χ4n) is 7.24. The van der Waals surface area contributed by atoms with Crippen LogP contribution in [0.25, 0.3) is 22.5 Å². The van der Waals surface area contributed by atoms with Crippen LogP contribution in [0.5, 0.6) is 11.5 Å². The Labute approximate surface area is 380 Å². The monoisotopic (exact) mass is 952 g/mol. The van der Waals surface area contributed by atoms with Crippen LogP contribution >= 0.6 is 24.4 Å². The highest BCUT2D eigenvalue weighted by Crippen LogP contribution is 2.41. The molecule has 2 saturated heterocycles. The minimum absolute atomic E-state index is 0.0193. The molecule has 0 atom stereocenters. The first-order valence-electron chi connectivity index (χ1n) is 20.0. The van der Waals surface area contributed by atoms with Crippen LogP contribution in [0, 0.1) is 11.8 Å². The van der Waals surface area contributed by atoms with E-state index < -0.39 is 35.4 Å². The van der Waals surface area contributed by atoms with Gasteiger partial charge in [-0.15, -0.1) is 10.2 Å². The van der Waals surface area contributed by atoms with Crippen LogP contribution in [0.4, 0.5) is 38.0 Å². The van der Waals surface area contributed by atoms with Gasteiger partial charge in [-0.25, -0.2) is 0 Å². The summed E-state index contributed by atoms with van der Waals surface area (Å²) in [6, 6.07) is 8.80. The normalized spacial score (nSPS) is 15.2. The highest BCUT2D eigenvalue weighted by atomic mass is 32.1. The first kappa shape index (κ1) is 49.7. The molecule has 2 aromatic heterocycles. The lowest BCUT2D eigenvalue weighted by Gasteiger charge is -2.34. The Kier molecular flexibility index (Phi) is 15.8. The van der Waals surface area contributed by atoms with E-state index in [1.54, 1.807) is 32.8 Å². The van der Waals surface area contributed by atoms with Crippen molar-refractivity contribution in [2.24, 2.45) is 36.1 Å². The average Bonchev–Trinajstić information content (AvgIpc) is 3.74. The predicted molar refractivity (Wildman–Crippen MR) is 237 cm³/mol. The number of alkyl halides is 6. The molecule has 0 aliphatic carbocycles. The lowest BCUT2D eigenvalue weighted by molar-refractivity contribution is -0.147. The molecule has 65 heavy (non-hydrogen) atoms.